The first-order valence-corrected chi connectivity index (χ1v) is 7.55. The minimum absolute atomic E-state index is 0.0641. The fourth-order valence-electron chi connectivity index (χ4n) is 3.38. The molecular formula is C18H17O4-. The number of phenolic OH excluding ortho intramolecular Hbond substituents is 1. The van der Waals surface area contributed by atoms with Crippen molar-refractivity contribution in [3.05, 3.63) is 42.0 Å². The molecule has 0 amide bonds. The molecule has 1 saturated carbocycles. The Labute approximate surface area is 128 Å². The van der Waals surface area contributed by atoms with Crippen LogP contribution in [-0.2, 0) is 4.79 Å². The summed E-state index contributed by atoms with van der Waals surface area (Å²) in [6.45, 7) is 0. The van der Waals surface area contributed by atoms with Crippen LogP contribution >= 0.6 is 0 Å². The number of carboxylic acid groups (broad SMARTS) is 1. The average Bonchev–Trinajstić information content (AvgIpc) is 2.55. The van der Waals surface area contributed by atoms with E-state index in [1.807, 2.05) is 12.1 Å². The summed E-state index contributed by atoms with van der Waals surface area (Å²) < 4.78 is 0. The molecule has 4 heteroatoms. The number of ketones is 1. The molecule has 0 aliphatic heterocycles. The third-order valence-electron chi connectivity index (χ3n) is 4.57. The van der Waals surface area contributed by atoms with Gasteiger partial charge in [-0.25, -0.2) is 0 Å². The molecule has 2 aromatic rings. The van der Waals surface area contributed by atoms with Gasteiger partial charge in [0.1, 0.15) is 5.75 Å². The van der Waals surface area contributed by atoms with Gasteiger partial charge in [0.15, 0.2) is 5.78 Å². The highest BCUT2D eigenvalue weighted by molar-refractivity contribution is 6.06. The Kier molecular flexibility index (Phi) is 3.84. The zero-order chi connectivity index (χ0) is 15.7. The van der Waals surface area contributed by atoms with Gasteiger partial charge in [0, 0.05) is 23.2 Å². The number of carbonyl (C=O) groups is 2. The normalized spacial score (nSPS) is 21.6. The molecule has 1 aliphatic carbocycles. The molecular weight excluding hydrogens is 280 g/mol. The van der Waals surface area contributed by atoms with Gasteiger partial charge in [-0.1, -0.05) is 43.2 Å². The van der Waals surface area contributed by atoms with Gasteiger partial charge in [-0.15, -0.1) is 0 Å². The van der Waals surface area contributed by atoms with Crippen molar-refractivity contribution in [2.24, 2.45) is 11.8 Å². The van der Waals surface area contributed by atoms with Crippen molar-refractivity contribution in [2.45, 2.75) is 25.7 Å². The second-order valence-corrected chi connectivity index (χ2v) is 5.86. The standard InChI is InChI=1S/C18H18O4/c19-16-12-6-2-1-5-11(12)9-10-15(16)17(20)13-7-3-4-8-14(13)18(21)22/h1-2,5-6,9-10,13-14,19H,3-4,7-8H2,(H,21,22)/p-1/t13-,14-/m0/s1. The van der Waals surface area contributed by atoms with E-state index in [0.29, 0.717) is 18.2 Å². The van der Waals surface area contributed by atoms with Gasteiger partial charge in [0.25, 0.3) is 0 Å². The molecule has 0 bridgehead atoms. The van der Waals surface area contributed by atoms with Gasteiger partial charge >= 0.3 is 0 Å². The largest absolute Gasteiger partial charge is 0.550 e. The van der Waals surface area contributed by atoms with Crippen LogP contribution in [0.4, 0.5) is 0 Å². The molecule has 114 valence electrons. The molecule has 0 heterocycles. The number of aliphatic carboxylic acids is 1. The zero-order valence-corrected chi connectivity index (χ0v) is 12.1. The van der Waals surface area contributed by atoms with Crippen molar-refractivity contribution in [3.63, 3.8) is 0 Å². The van der Waals surface area contributed by atoms with Crippen LogP contribution in [0.15, 0.2) is 36.4 Å². The van der Waals surface area contributed by atoms with Crippen LogP contribution in [0.1, 0.15) is 36.0 Å². The fraction of sp³-hybridized carbons (Fsp3) is 0.333. The van der Waals surface area contributed by atoms with E-state index in [9.17, 15) is 19.8 Å². The summed E-state index contributed by atoms with van der Waals surface area (Å²) in [5.74, 6) is -2.89. The molecule has 4 nitrogen and oxygen atoms in total. The Balaban J connectivity index is 2.01. The quantitative estimate of drug-likeness (QED) is 0.882. The van der Waals surface area contributed by atoms with Crippen LogP contribution < -0.4 is 5.11 Å². The van der Waals surface area contributed by atoms with Crippen LogP contribution in [0.2, 0.25) is 0 Å². The molecule has 0 aromatic heterocycles. The van der Waals surface area contributed by atoms with Gasteiger partial charge < -0.3 is 15.0 Å². The van der Waals surface area contributed by atoms with E-state index in [2.05, 4.69) is 0 Å². The van der Waals surface area contributed by atoms with Crippen LogP contribution in [0, 0.1) is 11.8 Å². The monoisotopic (exact) mass is 297 g/mol. The van der Waals surface area contributed by atoms with Crippen molar-refractivity contribution >= 4 is 22.5 Å². The molecule has 22 heavy (non-hydrogen) atoms. The topological polar surface area (TPSA) is 77.4 Å². The van der Waals surface area contributed by atoms with Crippen LogP contribution in [0.5, 0.6) is 5.75 Å². The van der Waals surface area contributed by atoms with E-state index in [1.54, 1.807) is 24.3 Å². The summed E-state index contributed by atoms with van der Waals surface area (Å²) in [6, 6.07) is 10.6. The minimum Gasteiger partial charge on any atom is -0.550 e. The number of carboxylic acids is 1. The van der Waals surface area contributed by atoms with Gasteiger partial charge in [-0.05, 0) is 24.3 Å². The van der Waals surface area contributed by atoms with Crippen molar-refractivity contribution < 1.29 is 19.8 Å². The van der Waals surface area contributed by atoms with E-state index in [-0.39, 0.29) is 17.1 Å². The van der Waals surface area contributed by atoms with Crippen molar-refractivity contribution in [2.75, 3.05) is 0 Å². The maximum atomic E-state index is 12.7. The SMILES string of the molecule is O=C([O-])[C@H]1CCCC[C@@H]1C(=O)c1ccc2ccccc2c1O. The molecule has 0 spiro atoms. The van der Waals surface area contributed by atoms with Gasteiger partial charge in [-0.2, -0.15) is 0 Å². The van der Waals surface area contributed by atoms with Gasteiger partial charge in [-0.3, -0.25) is 4.79 Å². The fourth-order valence-corrected chi connectivity index (χ4v) is 3.38. The highest BCUT2D eigenvalue weighted by atomic mass is 16.4. The second-order valence-electron chi connectivity index (χ2n) is 5.86. The average molecular weight is 297 g/mol. The smallest absolute Gasteiger partial charge is 0.170 e. The summed E-state index contributed by atoms with van der Waals surface area (Å²) >= 11 is 0. The number of hydrogen-bond donors (Lipinski definition) is 1. The molecule has 1 fully saturated rings. The molecule has 1 N–H and O–H groups in total. The maximum absolute atomic E-state index is 12.7. The van der Waals surface area contributed by atoms with Crippen molar-refractivity contribution in [3.8, 4) is 5.75 Å². The maximum Gasteiger partial charge on any atom is 0.170 e. The lowest BCUT2D eigenvalue weighted by Crippen LogP contribution is -2.40. The first kappa shape index (κ1) is 14.6. The summed E-state index contributed by atoms with van der Waals surface area (Å²) in [7, 11) is 0. The highest BCUT2D eigenvalue weighted by Gasteiger charge is 2.33. The Morgan fingerprint density at radius 1 is 1.00 bits per heavy atom. The minimum atomic E-state index is -1.17. The van der Waals surface area contributed by atoms with E-state index in [4.69, 9.17) is 0 Å². The molecule has 1 aliphatic rings. The number of benzene rings is 2. The Morgan fingerprint density at radius 3 is 2.41 bits per heavy atom. The molecule has 0 unspecified atom stereocenters. The summed E-state index contributed by atoms with van der Waals surface area (Å²) in [5, 5.41) is 23.1. The first-order chi connectivity index (χ1) is 10.6. The van der Waals surface area contributed by atoms with Crippen LogP contribution in [0.25, 0.3) is 10.8 Å². The Hall–Kier alpha value is -2.36. The van der Waals surface area contributed by atoms with E-state index in [1.165, 1.54) is 0 Å². The van der Waals surface area contributed by atoms with Gasteiger partial charge in [0.05, 0.1) is 5.56 Å². The Morgan fingerprint density at radius 2 is 1.68 bits per heavy atom. The van der Waals surface area contributed by atoms with Gasteiger partial charge in [0.2, 0.25) is 0 Å². The summed E-state index contributed by atoms with van der Waals surface area (Å²) in [4.78, 5) is 24.0. The number of hydrogen-bond acceptors (Lipinski definition) is 4. The van der Waals surface area contributed by atoms with E-state index in [0.717, 1.165) is 18.2 Å². The summed E-state index contributed by atoms with van der Waals surface area (Å²) in [5.41, 5.74) is 0.205. The molecule has 3 rings (SSSR count). The molecule has 2 atom stereocenters. The lowest BCUT2D eigenvalue weighted by atomic mass is 9.75. The van der Waals surface area contributed by atoms with Crippen molar-refractivity contribution in [1.82, 2.24) is 0 Å². The van der Waals surface area contributed by atoms with Crippen LogP contribution in [0.3, 0.4) is 0 Å². The number of aromatic hydroxyl groups is 1. The lowest BCUT2D eigenvalue weighted by molar-refractivity contribution is -0.313. The van der Waals surface area contributed by atoms with Crippen molar-refractivity contribution in [1.29, 1.82) is 0 Å². The van der Waals surface area contributed by atoms with E-state index < -0.39 is 17.8 Å². The first-order valence-electron chi connectivity index (χ1n) is 7.55. The lowest BCUT2D eigenvalue weighted by Gasteiger charge is -2.31. The molecule has 0 saturated heterocycles. The van der Waals surface area contributed by atoms with E-state index >= 15 is 0 Å². The summed E-state index contributed by atoms with van der Waals surface area (Å²) in [6.07, 6.45) is 2.62. The molecule has 0 radical (unpaired) electrons. The number of Topliss-reactive ketones (excluding diaryl/α,β-unsaturated/α-hetero) is 1. The Bertz CT molecular complexity index is 735. The third kappa shape index (κ3) is 2.45. The number of rotatable bonds is 3. The highest BCUT2D eigenvalue weighted by Crippen LogP contribution is 2.36. The number of carbonyl (C=O) groups excluding carboxylic acids is 2. The third-order valence-corrected chi connectivity index (χ3v) is 4.57. The predicted octanol–water partition coefficient (Wildman–Crippen LogP) is 2.28. The zero-order valence-electron chi connectivity index (χ0n) is 12.1. The number of fused-ring (bicyclic) bond motifs is 1. The second kappa shape index (κ2) is 5.79. The van der Waals surface area contributed by atoms with Crippen LogP contribution in [-0.4, -0.2) is 16.9 Å². The molecule has 2 aromatic carbocycles. The predicted molar refractivity (Wildman–Crippen MR) is 80.4 cm³/mol. The number of phenols is 1.